The second-order valence-corrected chi connectivity index (χ2v) is 6.48. The normalized spacial score (nSPS) is 13.1. The van der Waals surface area contributed by atoms with Gasteiger partial charge in [-0.2, -0.15) is 9.78 Å². The van der Waals surface area contributed by atoms with Gasteiger partial charge in [0.1, 0.15) is 5.75 Å². The van der Waals surface area contributed by atoms with Gasteiger partial charge in [0.15, 0.2) is 17.3 Å². The van der Waals surface area contributed by atoms with E-state index in [9.17, 15) is 5.11 Å². The van der Waals surface area contributed by atoms with Crippen molar-refractivity contribution in [3.05, 3.63) is 48.0 Å². The maximum absolute atomic E-state index is 10.1. The van der Waals surface area contributed by atoms with Crippen LogP contribution in [0.2, 0.25) is 0 Å². The van der Waals surface area contributed by atoms with Crippen LogP contribution in [0.3, 0.4) is 0 Å². The van der Waals surface area contributed by atoms with Crippen LogP contribution < -0.4 is 9.47 Å². The van der Waals surface area contributed by atoms with Crippen molar-refractivity contribution in [3.8, 4) is 28.6 Å². The molecule has 3 aromatic rings. The molecule has 0 atom stereocenters. The molecule has 2 heterocycles. The summed E-state index contributed by atoms with van der Waals surface area (Å²) in [5.41, 5.74) is 2.38. The Morgan fingerprint density at radius 2 is 1.85 bits per heavy atom. The molecule has 0 spiro atoms. The first-order valence-corrected chi connectivity index (χ1v) is 8.86. The highest BCUT2D eigenvalue weighted by Crippen LogP contribution is 2.34. The van der Waals surface area contributed by atoms with Crippen LogP contribution in [0, 0.1) is 0 Å². The summed E-state index contributed by atoms with van der Waals surface area (Å²) in [4.78, 5) is 0. The Morgan fingerprint density at radius 1 is 1.04 bits per heavy atom. The van der Waals surface area contributed by atoms with Gasteiger partial charge in [0.25, 0.3) is 0 Å². The number of aromatic nitrogens is 3. The zero-order valence-corrected chi connectivity index (χ0v) is 15.0. The standard InChI is InChI=1S/C18H16N4O3S/c1-24-15-8-7-11(9-16(15)25-2)13-10-26-18-20-19-17(22(18)21-13)12-5-3-4-6-14(12)23/h3-9,23H,10H2,1-2H3. The van der Waals surface area contributed by atoms with Gasteiger partial charge in [0.2, 0.25) is 5.16 Å². The van der Waals surface area contributed by atoms with E-state index >= 15 is 0 Å². The van der Waals surface area contributed by atoms with E-state index in [2.05, 4.69) is 10.2 Å². The number of hydrogen-bond donors (Lipinski definition) is 1. The van der Waals surface area contributed by atoms with Crippen LogP contribution in [-0.2, 0) is 0 Å². The van der Waals surface area contributed by atoms with Gasteiger partial charge in [-0.05, 0) is 30.3 Å². The van der Waals surface area contributed by atoms with Crippen LogP contribution in [0.5, 0.6) is 17.2 Å². The number of hydrogen-bond acceptors (Lipinski definition) is 7. The molecule has 0 saturated heterocycles. The van der Waals surface area contributed by atoms with E-state index in [1.807, 2.05) is 24.3 Å². The summed E-state index contributed by atoms with van der Waals surface area (Å²) in [6, 6.07) is 12.7. The lowest BCUT2D eigenvalue weighted by molar-refractivity contribution is 0.355. The number of aromatic hydroxyl groups is 1. The van der Waals surface area contributed by atoms with Gasteiger partial charge >= 0.3 is 0 Å². The first-order valence-electron chi connectivity index (χ1n) is 7.88. The summed E-state index contributed by atoms with van der Waals surface area (Å²) in [6.07, 6.45) is 0. The van der Waals surface area contributed by atoms with Gasteiger partial charge in [0, 0.05) is 11.3 Å². The molecule has 1 N–H and O–H groups in total. The molecule has 132 valence electrons. The molecule has 7 nitrogen and oxygen atoms in total. The number of ether oxygens (including phenoxy) is 2. The van der Waals surface area contributed by atoms with E-state index in [4.69, 9.17) is 14.6 Å². The zero-order valence-electron chi connectivity index (χ0n) is 14.2. The molecule has 4 rings (SSSR count). The number of phenolic OH excluding ortho intramolecular Hbond substituents is 1. The molecule has 1 aliphatic heterocycles. The largest absolute Gasteiger partial charge is 0.507 e. The van der Waals surface area contributed by atoms with Crippen molar-refractivity contribution in [1.29, 1.82) is 0 Å². The molecule has 0 aliphatic carbocycles. The lowest BCUT2D eigenvalue weighted by Crippen LogP contribution is -2.14. The molecule has 1 aliphatic rings. The van der Waals surface area contributed by atoms with Crippen LogP contribution >= 0.6 is 11.8 Å². The van der Waals surface area contributed by atoms with E-state index < -0.39 is 0 Å². The maximum atomic E-state index is 10.1. The van der Waals surface area contributed by atoms with Gasteiger partial charge in [-0.1, -0.05) is 23.9 Å². The van der Waals surface area contributed by atoms with E-state index in [0.29, 0.717) is 33.8 Å². The van der Waals surface area contributed by atoms with E-state index in [1.165, 1.54) is 0 Å². The highest BCUT2D eigenvalue weighted by atomic mass is 32.2. The third-order valence-corrected chi connectivity index (χ3v) is 4.96. The molecule has 2 aromatic carbocycles. The van der Waals surface area contributed by atoms with Crippen LogP contribution in [-0.4, -0.2) is 45.7 Å². The molecular weight excluding hydrogens is 352 g/mol. The molecule has 1 aromatic heterocycles. The topological polar surface area (TPSA) is 81.8 Å². The maximum Gasteiger partial charge on any atom is 0.212 e. The SMILES string of the molecule is COc1ccc(C2=Nn3c(nnc3-c3ccccc3O)SC2)cc1OC. The lowest BCUT2D eigenvalue weighted by atomic mass is 10.1. The smallest absolute Gasteiger partial charge is 0.212 e. The first-order chi connectivity index (χ1) is 12.7. The average molecular weight is 368 g/mol. The molecule has 0 bridgehead atoms. The van der Waals surface area contributed by atoms with E-state index in [1.54, 1.807) is 48.9 Å². The summed E-state index contributed by atoms with van der Waals surface area (Å²) in [6.45, 7) is 0. The first kappa shape index (κ1) is 16.5. The molecule has 0 radical (unpaired) electrons. The summed E-state index contributed by atoms with van der Waals surface area (Å²) < 4.78 is 12.3. The number of rotatable bonds is 4. The monoisotopic (exact) mass is 368 g/mol. The fourth-order valence-corrected chi connectivity index (χ4v) is 3.55. The minimum Gasteiger partial charge on any atom is -0.507 e. The van der Waals surface area contributed by atoms with Crippen molar-refractivity contribution in [2.75, 3.05) is 20.0 Å². The van der Waals surface area contributed by atoms with Crippen molar-refractivity contribution < 1.29 is 14.6 Å². The molecule has 8 heteroatoms. The Morgan fingerprint density at radius 3 is 2.62 bits per heavy atom. The molecule has 0 amide bonds. The van der Waals surface area contributed by atoms with E-state index in [-0.39, 0.29) is 5.75 Å². The Bertz CT molecular complexity index is 1000. The van der Waals surface area contributed by atoms with E-state index in [0.717, 1.165) is 11.3 Å². The number of methoxy groups -OCH3 is 2. The highest BCUT2D eigenvalue weighted by molar-refractivity contribution is 7.99. The molecule has 0 unspecified atom stereocenters. The van der Waals surface area contributed by atoms with Crippen LogP contribution in [0.25, 0.3) is 11.4 Å². The van der Waals surface area contributed by atoms with Crippen LogP contribution in [0.4, 0.5) is 0 Å². The lowest BCUT2D eigenvalue weighted by Gasteiger charge is -2.15. The Kier molecular flexibility index (Phi) is 4.26. The van der Waals surface area contributed by atoms with Gasteiger partial charge in [-0.25, -0.2) is 0 Å². The number of para-hydroxylation sites is 1. The number of thioether (sulfide) groups is 1. The Hall–Kier alpha value is -3.00. The Labute approximate surface area is 154 Å². The molecule has 26 heavy (non-hydrogen) atoms. The second-order valence-electron chi connectivity index (χ2n) is 5.54. The Balaban J connectivity index is 1.79. The number of fused-ring (bicyclic) bond motifs is 1. The van der Waals surface area contributed by atoms with Crippen LogP contribution in [0.15, 0.2) is 52.7 Å². The van der Waals surface area contributed by atoms with Crippen molar-refractivity contribution in [1.82, 2.24) is 14.9 Å². The van der Waals surface area contributed by atoms with Crippen molar-refractivity contribution in [2.24, 2.45) is 5.10 Å². The van der Waals surface area contributed by atoms with Gasteiger partial charge in [0.05, 0.1) is 25.5 Å². The second kappa shape index (κ2) is 6.72. The summed E-state index contributed by atoms with van der Waals surface area (Å²) in [5, 5.41) is 23.9. The quantitative estimate of drug-likeness (QED) is 0.762. The van der Waals surface area contributed by atoms with Crippen molar-refractivity contribution in [2.45, 2.75) is 5.16 Å². The van der Waals surface area contributed by atoms with Crippen molar-refractivity contribution in [3.63, 3.8) is 0 Å². The van der Waals surface area contributed by atoms with Gasteiger partial charge in [-0.15, -0.1) is 10.2 Å². The average Bonchev–Trinajstić information content (AvgIpc) is 3.10. The predicted molar refractivity (Wildman–Crippen MR) is 99.3 cm³/mol. The number of nitrogens with zero attached hydrogens (tertiary/aromatic N) is 4. The van der Waals surface area contributed by atoms with Gasteiger partial charge in [-0.3, -0.25) is 0 Å². The molecule has 0 fully saturated rings. The van der Waals surface area contributed by atoms with Gasteiger partial charge < -0.3 is 14.6 Å². The summed E-state index contributed by atoms with van der Waals surface area (Å²) in [5.74, 6) is 2.62. The summed E-state index contributed by atoms with van der Waals surface area (Å²) in [7, 11) is 3.21. The third kappa shape index (κ3) is 2.78. The fraction of sp³-hybridized carbons (Fsp3) is 0.167. The minimum absolute atomic E-state index is 0.140. The third-order valence-electron chi connectivity index (χ3n) is 4.03. The summed E-state index contributed by atoms with van der Waals surface area (Å²) >= 11 is 1.54. The number of benzene rings is 2. The molecular formula is C18H16N4O3S. The highest BCUT2D eigenvalue weighted by Gasteiger charge is 2.22. The fourth-order valence-electron chi connectivity index (χ4n) is 2.72. The number of phenols is 1. The zero-order chi connectivity index (χ0) is 18.1. The minimum atomic E-state index is 0.140. The predicted octanol–water partition coefficient (Wildman–Crippen LogP) is 3.03. The van der Waals surface area contributed by atoms with Crippen molar-refractivity contribution >= 4 is 17.5 Å². The van der Waals surface area contributed by atoms with Crippen LogP contribution in [0.1, 0.15) is 5.56 Å². The molecule has 0 saturated carbocycles.